The van der Waals surface area contributed by atoms with Crippen LogP contribution in [0.2, 0.25) is 0 Å². The molecule has 6 heteroatoms. The van der Waals surface area contributed by atoms with Crippen molar-refractivity contribution in [3.63, 3.8) is 0 Å². The lowest BCUT2D eigenvalue weighted by Crippen LogP contribution is -2.22. The molecule has 0 amide bonds. The average molecular weight is 379 g/mol. The molecule has 0 unspecified atom stereocenters. The summed E-state index contributed by atoms with van der Waals surface area (Å²) >= 11 is 0. The molecular weight excluding hydrogens is 344 g/mol. The van der Waals surface area contributed by atoms with Crippen molar-refractivity contribution in [2.75, 3.05) is 41.7 Å². The number of allylic oxidation sites excluding steroid dienone is 1. The highest BCUT2D eigenvalue weighted by Crippen LogP contribution is 2.35. The Labute approximate surface area is 162 Å². The Morgan fingerprint density at radius 3 is 2.22 bits per heavy atom. The van der Waals surface area contributed by atoms with Gasteiger partial charge >= 0.3 is 0 Å². The number of aliphatic imine (C=N–C) groups is 1. The number of aromatic nitrogens is 1. The molecule has 0 saturated carbocycles. The summed E-state index contributed by atoms with van der Waals surface area (Å²) < 4.78 is 21.4. The normalized spacial score (nSPS) is 16.3. The molecule has 2 heterocycles. The number of rotatable bonds is 12. The summed E-state index contributed by atoms with van der Waals surface area (Å²) in [5.41, 5.74) is 4.34. The molecule has 152 valence electrons. The molecule has 6 nitrogen and oxygen atoms in total. The second-order valence-corrected chi connectivity index (χ2v) is 7.50. The van der Waals surface area contributed by atoms with Gasteiger partial charge in [0, 0.05) is 71.1 Å². The Hall–Kier alpha value is -1.47. The number of methoxy groups -OCH3 is 4. The SMILES string of the molecule is COCCC(CCOC)c1cc[nH]c1CC1=NC(C(OC)OC)=CC1(C)C. The van der Waals surface area contributed by atoms with Crippen LogP contribution in [-0.2, 0) is 25.4 Å². The first kappa shape index (κ1) is 21.8. The van der Waals surface area contributed by atoms with Gasteiger partial charge < -0.3 is 23.9 Å². The molecule has 0 saturated heterocycles. The minimum atomic E-state index is -0.430. The van der Waals surface area contributed by atoms with Gasteiger partial charge in [-0.05, 0) is 36.5 Å². The van der Waals surface area contributed by atoms with Crippen molar-refractivity contribution in [1.29, 1.82) is 0 Å². The van der Waals surface area contributed by atoms with E-state index in [4.69, 9.17) is 23.9 Å². The zero-order chi connectivity index (χ0) is 19.9. The summed E-state index contributed by atoms with van der Waals surface area (Å²) in [6, 6.07) is 2.18. The van der Waals surface area contributed by atoms with Crippen LogP contribution in [0.4, 0.5) is 0 Å². The molecule has 0 aromatic carbocycles. The maximum absolute atomic E-state index is 5.38. The van der Waals surface area contributed by atoms with Gasteiger partial charge in [-0.3, -0.25) is 4.99 Å². The van der Waals surface area contributed by atoms with Crippen LogP contribution in [0.3, 0.4) is 0 Å². The smallest absolute Gasteiger partial charge is 0.200 e. The fourth-order valence-electron chi connectivity index (χ4n) is 3.61. The first-order valence-electron chi connectivity index (χ1n) is 9.47. The van der Waals surface area contributed by atoms with E-state index in [1.165, 1.54) is 11.3 Å². The van der Waals surface area contributed by atoms with E-state index < -0.39 is 6.29 Å². The van der Waals surface area contributed by atoms with Crippen molar-refractivity contribution >= 4 is 5.71 Å². The molecule has 1 aliphatic heterocycles. The molecule has 0 atom stereocenters. The Morgan fingerprint density at radius 2 is 1.67 bits per heavy atom. The zero-order valence-corrected chi connectivity index (χ0v) is 17.5. The highest BCUT2D eigenvalue weighted by molar-refractivity contribution is 5.95. The van der Waals surface area contributed by atoms with E-state index in [0.717, 1.165) is 43.9 Å². The Kier molecular flexibility index (Phi) is 8.23. The van der Waals surface area contributed by atoms with Gasteiger partial charge in [-0.1, -0.05) is 13.8 Å². The van der Waals surface area contributed by atoms with Crippen LogP contribution < -0.4 is 0 Å². The molecule has 27 heavy (non-hydrogen) atoms. The highest BCUT2D eigenvalue weighted by atomic mass is 16.7. The second-order valence-electron chi connectivity index (χ2n) is 7.50. The summed E-state index contributed by atoms with van der Waals surface area (Å²) in [6.07, 6.45) is 6.43. The standard InChI is InChI=1S/C21H34N2O4/c1-21(2)14-18(20(26-5)27-6)23-19(21)13-17-16(7-10-22-17)15(8-11-24-3)9-12-25-4/h7,10,14-15,20,22H,8-9,11-13H2,1-6H3. The van der Waals surface area contributed by atoms with Crippen LogP contribution >= 0.6 is 0 Å². The van der Waals surface area contributed by atoms with E-state index in [0.29, 0.717) is 5.92 Å². The van der Waals surface area contributed by atoms with Crippen LogP contribution in [0.25, 0.3) is 0 Å². The number of hydrogen-bond acceptors (Lipinski definition) is 5. The van der Waals surface area contributed by atoms with E-state index in [1.54, 1.807) is 28.4 Å². The fourth-order valence-corrected chi connectivity index (χ4v) is 3.61. The molecule has 1 aliphatic rings. The minimum absolute atomic E-state index is 0.137. The van der Waals surface area contributed by atoms with Gasteiger partial charge in [0.25, 0.3) is 0 Å². The van der Waals surface area contributed by atoms with Crippen LogP contribution in [0.15, 0.2) is 29.0 Å². The first-order chi connectivity index (χ1) is 13.0. The summed E-state index contributed by atoms with van der Waals surface area (Å²) in [5, 5.41) is 0. The number of nitrogens with zero attached hydrogens (tertiary/aromatic N) is 1. The molecule has 0 fully saturated rings. The van der Waals surface area contributed by atoms with Gasteiger partial charge in [-0.15, -0.1) is 0 Å². The topological polar surface area (TPSA) is 65.1 Å². The van der Waals surface area contributed by atoms with Crippen molar-refractivity contribution in [3.05, 3.63) is 35.3 Å². The Balaban J connectivity index is 2.20. The van der Waals surface area contributed by atoms with Gasteiger partial charge in [0.05, 0.1) is 5.70 Å². The number of ether oxygens (including phenoxy) is 4. The fraction of sp³-hybridized carbons (Fsp3) is 0.667. The molecule has 2 rings (SSSR count). The van der Waals surface area contributed by atoms with E-state index in [2.05, 4.69) is 31.0 Å². The first-order valence-corrected chi connectivity index (χ1v) is 9.47. The van der Waals surface area contributed by atoms with E-state index in [9.17, 15) is 0 Å². The number of nitrogens with one attached hydrogen (secondary N) is 1. The molecule has 0 aliphatic carbocycles. The number of aromatic amines is 1. The average Bonchev–Trinajstić information content (AvgIpc) is 3.21. The quantitative estimate of drug-likeness (QED) is 0.563. The molecule has 1 aromatic rings. The summed E-state index contributed by atoms with van der Waals surface area (Å²) in [7, 11) is 6.76. The van der Waals surface area contributed by atoms with Crippen molar-refractivity contribution in [1.82, 2.24) is 4.98 Å². The van der Waals surface area contributed by atoms with E-state index in [-0.39, 0.29) is 5.41 Å². The van der Waals surface area contributed by atoms with Gasteiger partial charge in [-0.25, -0.2) is 0 Å². The minimum Gasteiger partial charge on any atom is -0.385 e. The van der Waals surface area contributed by atoms with Crippen LogP contribution in [0.1, 0.15) is 43.9 Å². The van der Waals surface area contributed by atoms with Gasteiger partial charge in [0.15, 0.2) is 6.29 Å². The lowest BCUT2D eigenvalue weighted by molar-refractivity contribution is -0.0754. The molecule has 0 bridgehead atoms. The summed E-state index contributed by atoms with van der Waals surface area (Å²) in [4.78, 5) is 8.27. The van der Waals surface area contributed by atoms with Crippen molar-refractivity contribution < 1.29 is 18.9 Å². The Bertz CT molecular complexity index is 636. The summed E-state index contributed by atoms with van der Waals surface area (Å²) in [6.45, 7) is 5.83. The Morgan fingerprint density at radius 1 is 1.04 bits per heavy atom. The summed E-state index contributed by atoms with van der Waals surface area (Å²) in [5.74, 6) is 0.398. The largest absolute Gasteiger partial charge is 0.385 e. The lowest BCUT2D eigenvalue weighted by Gasteiger charge is -2.21. The second kappa shape index (κ2) is 10.2. The third-order valence-corrected chi connectivity index (χ3v) is 5.18. The van der Waals surface area contributed by atoms with Crippen molar-refractivity contribution in [2.24, 2.45) is 10.4 Å². The highest BCUT2D eigenvalue weighted by Gasteiger charge is 2.32. The zero-order valence-electron chi connectivity index (χ0n) is 17.5. The van der Waals surface area contributed by atoms with E-state index in [1.807, 2.05) is 6.20 Å². The molecular formula is C21H34N2O4. The monoisotopic (exact) mass is 378 g/mol. The predicted molar refractivity (Wildman–Crippen MR) is 107 cm³/mol. The third-order valence-electron chi connectivity index (χ3n) is 5.18. The number of H-pyrrole nitrogens is 1. The van der Waals surface area contributed by atoms with Crippen LogP contribution in [0.5, 0.6) is 0 Å². The van der Waals surface area contributed by atoms with Gasteiger partial charge in [0.2, 0.25) is 0 Å². The van der Waals surface area contributed by atoms with Gasteiger partial charge in [-0.2, -0.15) is 0 Å². The van der Waals surface area contributed by atoms with Gasteiger partial charge in [0.1, 0.15) is 0 Å². The van der Waals surface area contributed by atoms with Crippen LogP contribution in [0, 0.1) is 5.41 Å². The predicted octanol–water partition coefficient (Wildman–Crippen LogP) is 3.70. The number of hydrogen-bond donors (Lipinski definition) is 1. The molecule has 0 radical (unpaired) electrons. The van der Waals surface area contributed by atoms with Crippen molar-refractivity contribution in [2.45, 2.75) is 45.3 Å². The maximum atomic E-state index is 5.38. The van der Waals surface area contributed by atoms with E-state index >= 15 is 0 Å². The molecule has 1 N–H and O–H groups in total. The molecule has 1 aromatic heterocycles. The third kappa shape index (κ3) is 5.51. The molecule has 0 spiro atoms. The maximum Gasteiger partial charge on any atom is 0.200 e. The van der Waals surface area contributed by atoms with Crippen LogP contribution in [-0.4, -0.2) is 58.6 Å². The van der Waals surface area contributed by atoms with Crippen molar-refractivity contribution in [3.8, 4) is 0 Å². The lowest BCUT2D eigenvalue weighted by atomic mass is 9.84.